The standard InChI is InChI=1S/C13H15N3O3/c1-16-11-9(12(17)19-13(16)18)7-14-10(15-11)8-5-3-2-4-6-8/h2-6,9-11,14-15H,7H2,1H3. The number of ether oxygens (including phenoxy) is 1. The molecule has 1 aromatic carbocycles. The van der Waals surface area contributed by atoms with E-state index in [1.54, 1.807) is 7.05 Å². The van der Waals surface area contributed by atoms with Crippen LogP contribution in [0.3, 0.4) is 0 Å². The Bertz CT molecular complexity index is 505. The molecule has 3 rings (SSSR count). The van der Waals surface area contributed by atoms with Crippen LogP contribution < -0.4 is 10.6 Å². The first-order valence-electron chi connectivity index (χ1n) is 6.19. The van der Waals surface area contributed by atoms with E-state index in [4.69, 9.17) is 0 Å². The van der Waals surface area contributed by atoms with Crippen LogP contribution in [0.1, 0.15) is 11.7 Å². The van der Waals surface area contributed by atoms with Gasteiger partial charge in [0.1, 0.15) is 12.1 Å². The van der Waals surface area contributed by atoms with Crippen molar-refractivity contribution in [1.29, 1.82) is 0 Å². The molecule has 2 saturated heterocycles. The molecule has 6 nitrogen and oxygen atoms in total. The van der Waals surface area contributed by atoms with E-state index in [1.807, 2.05) is 30.3 Å². The van der Waals surface area contributed by atoms with Gasteiger partial charge in [-0.1, -0.05) is 30.3 Å². The SMILES string of the molecule is CN1C(=O)OC(=O)C2CNC(c3ccccc3)NC21. The van der Waals surface area contributed by atoms with Crippen molar-refractivity contribution in [1.82, 2.24) is 15.5 Å². The molecular formula is C13H15N3O3. The van der Waals surface area contributed by atoms with Gasteiger partial charge in [0.05, 0.1) is 6.17 Å². The average molecular weight is 261 g/mol. The van der Waals surface area contributed by atoms with Gasteiger partial charge < -0.3 is 4.74 Å². The van der Waals surface area contributed by atoms with Gasteiger partial charge in [-0.05, 0) is 5.56 Å². The van der Waals surface area contributed by atoms with E-state index in [-0.39, 0.29) is 18.2 Å². The highest BCUT2D eigenvalue weighted by molar-refractivity contribution is 5.89. The number of nitrogens with one attached hydrogen (secondary N) is 2. The van der Waals surface area contributed by atoms with E-state index < -0.39 is 12.1 Å². The summed E-state index contributed by atoms with van der Waals surface area (Å²) in [5.74, 6) is -0.845. The fourth-order valence-corrected chi connectivity index (χ4v) is 2.50. The second-order valence-electron chi connectivity index (χ2n) is 4.77. The fraction of sp³-hybridized carbons (Fsp3) is 0.385. The maximum absolute atomic E-state index is 11.7. The number of nitrogens with zero attached hydrogens (tertiary/aromatic N) is 1. The highest BCUT2D eigenvalue weighted by Gasteiger charge is 2.45. The molecule has 1 aromatic rings. The third kappa shape index (κ3) is 2.09. The van der Waals surface area contributed by atoms with Crippen molar-refractivity contribution in [3.05, 3.63) is 35.9 Å². The number of esters is 1. The van der Waals surface area contributed by atoms with Crippen LogP contribution in [-0.2, 0) is 9.53 Å². The summed E-state index contributed by atoms with van der Waals surface area (Å²) in [7, 11) is 1.63. The molecule has 0 radical (unpaired) electrons. The van der Waals surface area contributed by atoms with E-state index in [9.17, 15) is 9.59 Å². The Morgan fingerprint density at radius 1 is 1.26 bits per heavy atom. The number of carbonyl (C=O) groups is 2. The molecular weight excluding hydrogens is 246 g/mol. The van der Waals surface area contributed by atoms with E-state index in [0.717, 1.165) is 5.56 Å². The lowest BCUT2D eigenvalue weighted by atomic mass is 9.99. The van der Waals surface area contributed by atoms with Gasteiger partial charge in [0.25, 0.3) is 0 Å². The lowest BCUT2D eigenvalue weighted by Crippen LogP contribution is -2.66. The van der Waals surface area contributed by atoms with Crippen LogP contribution in [0.5, 0.6) is 0 Å². The molecule has 0 spiro atoms. The Kier molecular flexibility index (Phi) is 2.96. The number of benzene rings is 1. The lowest BCUT2D eigenvalue weighted by Gasteiger charge is -2.43. The summed E-state index contributed by atoms with van der Waals surface area (Å²) in [6.45, 7) is 0.480. The second kappa shape index (κ2) is 4.64. The van der Waals surface area contributed by atoms with Crippen LogP contribution >= 0.6 is 0 Å². The summed E-state index contributed by atoms with van der Waals surface area (Å²) in [5, 5.41) is 6.53. The second-order valence-corrected chi connectivity index (χ2v) is 4.77. The van der Waals surface area contributed by atoms with Crippen LogP contribution in [0.15, 0.2) is 30.3 Å². The minimum absolute atomic E-state index is 0.0800. The normalized spacial score (nSPS) is 30.8. The van der Waals surface area contributed by atoms with Crippen LogP contribution in [0.2, 0.25) is 0 Å². The van der Waals surface area contributed by atoms with Crippen molar-refractivity contribution in [3.63, 3.8) is 0 Å². The predicted octanol–water partition coefficient (Wildman–Crippen LogP) is 0.429. The Morgan fingerprint density at radius 2 is 2.00 bits per heavy atom. The molecule has 2 fully saturated rings. The monoisotopic (exact) mass is 261 g/mol. The third-order valence-corrected chi connectivity index (χ3v) is 3.59. The quantitative estimate of drug-likeness (QED) is 0.566. The van der Waals surface area contributed by atoms with Crippen molar-refractivity contribution < 1.29 is 14.3 Å². The zero-order valence-corrected chi connectivity index (χ0v) is 10.5. The molecule has 0 bridgehead atoms. The Balaban J connectivity index is 1.82. The Labute approximate surface area is 110 Å². The number of carbonyl (C=O) groups excluding carboxylic acids is 2. The van der Waals surface area contributed by atoms with E-state index in [1.165, 1.54) is 4.90 Å². The van der Waals surface area contributed by atoms with E-state index in [2.05, 4.69) is 15.4 Å². The molecule has 1 amide bonds. The van der Waals surface area contributed by atoms with Gasteiger partial charge in [-0.3, -0.25) is 20.3 Å². The highest BCUT2D eigenvalue weighted by atomic mass is 16.6. The van der Waals surface area contributed by atoms with Crippen molar-refractivity contribution in [2.24, 2.45) is 5.92 Å². The average Bonchev–Trinajstić information content (AvgIpc) is 2.45. The number of cyclic esters (lactones) is 2. The van der Waals surface area contributed by atoms with Gasteiger partial charge in [-0.25, -0.2) is 4.79 Å². The molecule has 2 aliphatic heterocycles. The summed E-state index contributed by atoms with van der Waals surface area (Å²) in [6.07, 6.45) is -1.02. The Morgan fingerprint density at radius 3 is 2.74 bits per heavy atom. The number of rotatable bonds is 1. The predicted molar refractivity (Wildman–Crippen MR) is 66.9 cm³/mol. The van der Waals surface area contributed by atoms with Crippen LogP contribution in [0.25, 0.3) is 0 Å². The van der Waals surface area contributed by atoms with E-state index >= 15 is 0 Å². The molecule has 0 aromatic heterocycles. The number of fused-ring (bicyclic) bond motifs is 1. The highest BCUT2D eigenvalue weighted by Crippen LogP contribution is 2.24. The van der Waals surface area contributed by atoms with Gasteiger partial charge >= 0.3 is 12.1 Å². The van der Waals surface area contributed by atoms with Crippen molar-refractivity contribution in [2.45, 2.75) is 12.3 Å². The molecule has 19 heavy (non-hydrogen) atoms. The lowest BCUT2D eigenvalue weighted by molar-refractivity contribution is -0.153. The van der Waals surface area contributed by atoms with Gasteiger partial charge in [-0.2, -0.15) is 0 Å². The van der Waals surface area contributed by atoms with Gasteiger partial charge in [0.2, 0.25) is 0 Å². The molecule has 0 saturated carbocycles. The maximum atomic E-state index is 11.7. The first kappa shape index (κ1) is 12.1. The van der Waals surface area contributed by atoms with Gasteiger partial charge in [-0.15, -0.1) is 0 Å². The van der Waals surface area contributed by atoms with Gasteiger partial charge in [0.15, 0.2) is 0 Å². The van der Waals surface area contributed by atoms with Gasteiger partial charge in [0, 0.05) is 13.6 Å². The zero-order valence-electron chi connectivity index (χ0n) is 10.5. The first-order valence-corrected chi connectivity index (χ1v) is 6.19. The molecule has 3 atom stereocenters. The summed E-state index contributed by atoms with van der Waals surface area (Å²) in [4.78, 5) is 24.6. The largest absolute Gasteiger partial charge is 0.418 e. The maximum Gasteiger partial charge on any atom is 0.418 e. The van der Waals surface area contributed by atoms with E-state index in [0.29, 0.717) is 6.54 Å². The van der Waals surface area contributed by atoms with Crippen molar-refractivity contribution in [2.75, 3.05) is 13.6 Å². The first-order chi connectivity index (χ1) is 9.16. The molecule has 100 valence electrons. The summed E-state index contributed by atoms with van der Waals surface area (Å²) in [6, 6.07) is 9.84. The minimum atomic E-state index is -0.604. The third-order valence-electron chi connectivity index (χ3n) is 3.59. The summed E-state index contributed by atoms with van der Waals surface area (Å²) in [5.41, 5.74) is 1.07. The van der Waals surface area contributed by atoms with Crippen molar-refractivity contribution in [3.8, 4) is 0 Å². The summed E-state index contributed by atoms with van der Waals surface area (Å²) >= 11 is 0. The fourth-order valence-electron chi connectivity index (χ4n) is 2.50. The van der Waals surface area contributed by atoms with Crippen molar-refractivity contribution >= 4 is 12.1 Å². The van der Waals surface area contributed by atoms with Crippen LogP contribution in [0, 0.1) is 5.92 Å². The Hall–Kier alpha value is -1.92. The zero-order chi connectivity index (χ0) is 13.4. The molecule has 3 unspecified atom stereocenters. The summed E-state index contributed by atoms with van der Waals surface area (Å²) < 4.78 is 4.68. The molecule has 2 aliphatic rings. The topological polar surface area (TPSA) is 70.7 Å². The molecule has 2 heterocycles. The molecule has 6 heteroatoms. The number of hydrogen-bond acceptors (Lipinski definition) is 5. The van der Waals surface area contributed by atoms with Crippen LogP contribution in [0.4, 0.5) is 4.79 Å². The van der Waals surface area contributed by atoms with Crippen LogP contribution in [-0.4, -0.2) is 36.7 Å². The smallest absolute Gasteiger partial charge is 0.376 e. The minimum Gasteiger partial charge on any atom is -0.376 e. The molecule has 0 aliphatic carbocycles. The number of amides is 1. The molecule has 2 N–H and O–H groups in total. The number of hydrogen-bond donors (Lipinski definition) is 2.